The average Bonchev–Trinajstić information content (AvgIpc) is 2.56. The van der Waals surface area contributed by atoms with Crippen LogP contribution in [-0.4, -0.2) is 62.7 Å². The van der Waals surface area contributed by atoms with Crippen molar-refractivity contribution in [3.05, 3.63) is 0 Å². The molecule has 2 amide bonds. The van der Waals surface area contributed by atoms with E-state index >= 15 is 0 Å². The summed E-state index contributed by atoms with van der Waals surface area (Å²) < 4.78 is 5.23. The van der Waals surface area contributed by atoms with Gasteiger partial charge in [-0.3, -0.25) is 9.59 Å². The highest BCUT2D eigenvalue weighted by Crippen LogP contribution is 2.32. The first kappa shape index (κ1) is 16.2. The predicted molar refractivity (Wildman–Crippen MR) is 79.9 cm³/mol. The second kappa shape index (κ2) is 7.75. The molecule has 0 aromatic heterocycles. The average molecular weight is 297 g/mol. The van der Waals surface area contributed by atoms with Gasteiger partial charge in [0.05, 0.1) is 18.6 Å². The molecule has 2 saturated heterocycles. The lowest BCUT2D eigenvalue weighted by molar-refractivity contribution is -0.136. The maximum absolute atomic E-state index is 12.4. The van der Waals surface area contributed by atoms with Gasteiger partial charge in [-0.25, -0.2) is 0 Å². The van der Waals surface area contributed by atoms with Crippen molar-refractivity contribution in [2.24, 2.45) is 5.41 Å². The minimum absolute atomic E-state index is 0.106. The van der Waals surface area contributed by atoms with E-state index in [1.165, 1.54) is 0 Å². The van der Waals surface area contributed by atoms with E-state index in [0.717, 1.165) is 32.4 Å². The molecular weight excluding hydrogens is 270 g/mol. The fraction of sp³-hybridized carbons (Fsp3) is 0.867. The smallest absolute Gasteiger partial charge is 0.226 e. The van der Waals surface area contributed by atoms with Crippen LogP contribution in [0.1, 0.15) is 32.6 Å². The van der Waals surface area contributed by atoms with E-state index in [9.17, 15) is 9.59 Å². The molecule has 0 aromatic carbocycles. The topological polar surface area (TPSA) is 70.7 Å². The van der Waals surface area contributed by atoms with Crippen LogP contribution in [0.25, 0.3) is 0 Å². The van der Waals surface area contributed by atoms with E-state index in [1.807, 2.05) is 4.90 Å². The monoisotopic (exact) mass is 297 g/mol. The minimum atomic E-state index is -0.243. The molecule has 2 aliphatic heterocycles. The van der Waals surface area contributed by atoms with Gasteiger partial charge >= 0.3 is 0 Å². The van der Waals surface area contributed by atoms with Crippen molar-refractivity contribution in [1.82, 2.24) is 15.5 Å². The Morgan fingerprint density at radius 1 is 1.24 bits per heavy atom. The van der Waals surface area contributed by atoms with Gasteiger partial charge in [0.2, 0.25) is 11.8 Å². The first-order valence-electron chi connectivity index (χ1n) is 8.02. The third kappa shape index (κ3) is 4.17. The zero-order chi connectivity index (χ0) is 15.1. The molecule has 0 aromatic rings. The number of amides is 2. The Morgan fingerprint density at radius 3 is 2.52 bits per heavy atom. The Kier molecular flexibility index (Phi) is 5.99. The predicted octanol–water partition coefficient (Wildman–Crippen LogP) is 0.131. The summed E-state index contributed by atoms with van der Waals surface area (Å²) in [5, 5.41) is 6.26. The van der Waals surface area contributed by atoms with Gasteiger partial charge in [-0.1, -0.05) is 6.92 Å². The summed E-state index contributed by atoms with van der Waals surface area (Å²) in [6, 6.07) is 0. The van der Waals surface area contributed by atoms with E-state index in [1.54, 1.807) is 0 Å². The zero-order valence-electron chi connectivity index (χ0n) is 13.0. The molecule has 0 atom stereocenters. The second-order valence-corrected chi connectivity index (χ2v) is 5.88. The lowest BCUT2D eigenvalue weighted by Gasteiger charge is -2.35. The second-order valence-electron chi connectivity index (χ2n) is 5.88. The van der Waals surface area contributed by atoms with E-state index < -0.39 is 0 Å². The summed E-state index contributed by atoms with van der Waals surface area (Å²) in [6.45, 7) is 6.86. The van der Waals surface area contributed by atoms with Gasteiger partial charge in [0, 0.05) is 26.1 Å². The molecule has 2 aliphatic rings. The molecule has 0 radical (unpaired) electrons. The number of carbonyl (C=O) groups excluding carboxylic acids is 2. The normalized spacial score (nSPS) is 21.9. The highest BCUT2D eigenvalue weighted by molar-refractivity contribution is 5.83. The van der Waals surface area contributed by atoms with Gasteiger partial charge in [0.25, 0.3) is 0 Å². The Hall–Kier alpha value is -1.14. The number of nitrogens with one attached hydrogen (secondary N) is 2. The number of rotatable bonds is 5. The maximum atomic E-state index is 12.4. The number of morpholine rings is 1. The summed E-state index contributed by atoms with van der Waals surface area (Å²) >= 11 is 0. The standard InChI is InChI=1S/C15H27N3O3/c1-2-15(4-7-16-8-5-15)14(20)17-6-3-13(19)18-9-11-21-12-10-18/h16H,2-12H2,1H3,(H,17,20). The van der Waals surface area contributed by atoms with Crippen molar-refractivity contribution >= 4 is 11.8 Å². The molecule has 0 unspecified atom stereocenters. The molecule has 21 heavy (non-hydrogen) atoms. The van der Waals surface area contributed by atoms with Crippen LogP contribution in [0.2, 0.25) is 0 Å². The van der Waals surface area contributed by atoms with Crippen molar-refractivity contribution in [1.29, 1.82) is 0 Å². The number of nitrogens with zero attached hydrogens (tertiary/aromatic N) is 1. The van der Waals surface area contributed by atoms with Crippen molar-refractivity contribution in [2.75, 3.05) is 45.9 Å². The quantitative estimate of drug-likeness (QED) is 0.757. The van der Waals surface area contributed by atoms with Crippen molar-refractivity contribution in [3.8, 4) is 0 Å². The van der Waals surface area contributed by atoms with Crippen LogP contribution in [0.15, 0.2) is 0 Å². The van der Waals surface area contributed by atoms with Crippen LogP contribution in [0.4, 0.5) is 0 Å². The van der Waals surface area contributed by atoms with Crippen LogP contribution >= 0.6 is 0 Å². The minimum Gasteiger partial charge on any atom is -0.378 e. The fourth-order valence-corrected chi connectivity index (χ4v) is 3.09. The van der Waals surface area contributed by atoms with Crippen LogP contribution in [0, 0.1) is 5.41 Å². The molecule has 2 N–H and O–H groups in total. The van der Waals surface area contributed by atoms with Crippen molar-refractivity contribution in [2.45, 2.75) is 32.6 Å². The van der Waals surface area contributed by atoms with Crippen LogP contribution in [0.3, 0.4) is 0 Å². The number of hydrogen-bond acceptors (Lipinski definition) is 4. The third-order valence-corrected chi connectivity index (χ3v) is 4.71. The molecule has 2 rings (SSSR count). The lowest BCUT2D eigenvalue weighted by Crippen LogP contribution is -2.48. The van der Waals surface area contributed by atoms with E-state index in [2.05, 4.69) is 17.6 Å². The Labute approximate surface area is 126 Å². The lowest BCUT2D eigenvalue weighted by atomic mass is 9.76. The third-order valence-electron chi connectivity index (χ3n) is 4.71. The molecule has 120 valence electrons. The van der Waals surface area contributed by atoms with Gasteiger partial charge in [-0.05, 0) is 32.4 Å². The number of hydrogen-bond donors (Lipinski definition) is 2. The Bertz CT molecular complexity index is 361. The van der Waals surface area contributed by atoms with Crippen molar-refractivity contribution < 1.29 is 14.3 Å². The summed E-state index contributed by atoms with van der Waals surface area (Å²) in [4.78, 5) is 26.3. The highest BCUT2D eigenvalue weighted by Gasteiger charge is 2.37. The molecular formula is C15H27N3O3. The summed E-state index contributed by atoms with van der Waals surface area (Å²) in [7, 11) is 0. The molecule has 0 saturated carbocycles. The molecule has 2 fully saturated rings. The van der Waals surface area contributed by atoms with Gasteiger partial charge in [-0.2, -0.15) is 0 Å². The van der Waals surface area contributed by atoms with Gasteiger partial charge in [0.1, 0.15) is 0 Å². The SMILES string of the molecule is CCC1(C(=O)NCCC(=O)N2CCOCC2)CCNCC1. The number of carbonyl (C=O) groups is 2. The first-order valence-corrected chi connectivity index (χ1v) is 8.02. The largest absolute Gasteiger partial charge is 0.378 e. The van der Waals surface area contributed by atoms with Gasteiger partial charge in [0.15, 0.2) is 0 Å². The molecule has 6 nitrogen and oxygen atoms in total. The van der Waals surface area contributed by atoms with Crippen molar-refractivity contribution in [3.63, 3.8) is 0 Å². The van der Waals surface area contributed by atoms with Crippen LogP contribution < -0.4 is 10.6 Å². The summed E-state index contributed by atoms with van der Waals surface area (Å²) in [6.07, 6.45) is 3.00. The maximum Gasteiger partial charge on any atom is 0.226 e. The number of ether oxygens (including phenoxy) is 1. The van der Waals surface area contributed by atoms with Crippen LogP contribution in [-0.2, 0) is 14.3 Å². The van der Waals surface area contributed by atoms with Gasteiger partial charge < -0.3 is 20.3 Å². The summed E-state index contributed by atoms with van der Waals surface area (Å²) in [5.74, 6) is 0.218. The number of piperidine rings is 1. The summed E-state index contributed by atoms with van der Waals surface area (Å²) in [5.41, 5.74) is -0.243. The van der Waals surface area contributed by atoms with Gasteiger partial charge in [-0.15, -0.1) is 0 Å². The Morgan fingerprint density at radius 2 is 1.90 bits per heavy atom. The molecule has 2 heterocycles. The Balaban J connectivity index is 1.74. The molecule has 0 bridgehead atoms. The van der Waals surface area contributed by atoms with E-state index in [-0.39, 0.29) is 17.2 Å². The van der Waals surface area contributed by atoms with E-state index in [0.29, 0.717) is 39.3 Å². The fourth-order valence-electron chi connectivity index (χ4n) is 3.09. The van der Waals surface area contributed by atoms with E-state index in [4.69, 9.17) is 4.74 Å². The molecule has 0 spiro atoms. The highest BCUT2D eigenvalue weighted by atomic mass is 16.5. The molecule has 0 aliphatic carbocycles. The zero-order valence-corrected chi connectivity index (χ0v) is 13.0. The molecule has 6 heteroatoms. The van der Waals surface area contributed by atoms with Crippen LogP contribution in [0.5, 0.6) is 0 Å². The first-order chi connectivity index (χ1) is 10.2.